The first-order valence-electron chi connectivity index (χ1n) is 20.8. The molecule has 0 radical (unpaired) electrons. The minimum Gasteiger partial charge on any atom is -0.494 e. The molecule has 0 unspecified atom stereocenters. The number of rotatable bonds is 18. The van der Waals surface area contributed by atoms with Crippen LogP contribution in [-0.2, 0) is 26.2 Å². The lowest BCUT2D eigenvalue weighted by molar-refractivity contribution is 0.0991. The maximum absolute atomic E-state index is 13.8. The first-order chi connectivity index (χ1) is 29.9. The molecule has 1 aliphatic rings. The number of nitrogens with one attached hydrogen (secondary N) is 3. The highest BCUT2D eigenvalue weighted by molar-refractivity contribution is 6.05. The van der Waals surface area contributed by atoms with Crippen molar-refractivity contribution in [2.24, 2.45) is 17.4 Å². The van der Waals surface area contributed by atoms with Crippen molar-refractivity contribution in [3.63, 3.8) is 0 Å². The first kappa shape index (κ1) is 43.1. The van der Waals surface area contributed by atoms with Crippen molar-refractivity contribution >= 4 is 57.6 Å². The molecule has 326 valence electrons. The minimum absolute atomic E-state index is 0.180. The van der Waals surface area contributed by atoms with Crippen LogP contribution in [0.25, 0.3) is 22.1 Å². The highest BCUT2D eigenvalue weighted by atomic mass is 16.5. The second kappa shape index (κ2) is 18.7. The number of hydrogen-bond acceptors (Lipinski definition) is 11. The van der Waals surface area contributed by atoms with Crippen LogP contribution in [0.1, 0.15) is 92.6 Å². The van der Waals surface area contributed by atoms with E-state index in [0.717, 1.165) is 38.8 Å². The molecule has 19 heteroatoms. The molecule has 1 fully saturated rings. The molecule has 7 rings (SSSR count). The van der Waals surface area contributed by atoms with Crippen molar-refractivity contribution < 1.29 is 28.7 Å². The third kappa shape index (κ3) is 9.16. The van der Waals surface area contributed by atoms with Crippen LogP contribution in [0, 0.1) is 19.8 Å². The molecule has 2 aromatic carbocycles. The Kier molecular flexibility index (Phi) is 13.0. The number of imidazole rings is 2. The Hall–Kier alpha value is -7.02. The molecule has 4 amide bonds. The van der Waals surface area contributed by atoms with Gasteiger partial charge in [0, 0.05) is 37.3 Å². The average molecular weight is 848 g/mol. The summed E-state index contributed by atoms with van der Waals surface area (Å²) < 4.78 is 18.9. The molecule has 7 N–H and O–H groups in total. The van der Waals surface area contributed by atoms with Gasteiger partial charge in [0.05, 0.1) is 36.1 Å². The first-order valence-corrected chi connectivity index (χ1v) is 20.8. The molecule has 62 heavy (non-hydrogen) atoms. The van der Waals surface area contributed by atoms with Gasteiger partial charge in [-0.05, 0) is 109 Å². The standard InChI is InChI=1S/C43H53N13O6/c1-6-55-32(19-25(3)51-55)40(59)49-42-47-30-21-28(38(44)57)23-34(61-5)36(30)53(42)16-8-9-17-54-37-31(48-43(54)50-41(60)33-20-26(4)52-56(33)7-2)22-29(39(45)58)24-35(37)62-18-10-11-27-12-14-46-15-13-27/h8-9,19-24,27,46H,6-7,10-18H2,1-5H3,(H2,44,57)(H2,45,58)(H,47,49,59)(H,48,50,60). The molecule has 1 saturated heterocycles. The zero-order valence-corrected chi connectivity index (χ0v) is 35.7. The second-order valence-corrected chi connectivity index (χ2v) is 15.2. The molecular weight excluding hydrogens is 795 g/mol. The molecule has 0 spiro atoms. The number of methoxy groups -OCH3 is 1. The topological polar surface area (TPSA) is 246 Å². The Morgan fingerprint density at radius 3 is 1.71 bits per heavy atom. The lowest BCUT2D eigenvalue weighted by Crippen LogP contribution is -2.27. The summed E-state index contributed by atoms with van der Waals surface area (Å²) in [5.41, 5.74) is 15.8. The summed E-state index contributed by atoms with van der Waals surface area (Å²) >= 11 is 0. The van der Waals surface area contributed by atoms with Gasteiger partial charge in [0.2, 0.25) is 23.7 Å². The average Bonchev–Trinajstić information content (AvgIpc) is 4.03. The Labute approximate surface area is 357 Å². The van der Waals surface area contributed by atoms with E-state index in [1.807, 2.05) is 39.8 Å². The maximum atomic E-state index is 13.8. The van der Waals surface area contributed by atoms with Gasteiger partial charge in [-0.1, -0.05) is 12.2 Å². The molecule has 4 aromatic heterocycles. The van der Waals surface area contributed by atoms with E-state index >= 15 is 0 Å². The van der Waals surface area contributed by atoms with Crippen LogP contribution in [0.4, 0.5) is 11.9 Å². The van der Waals surface area contributed by atoms with E-state index in [9.17, 15) is 19.2 Å². The number of benzene rings is 2. The fourth-order valence-corrected chi connectivity index (χ4v) is 7.91. The highest BCUT2D eigenvalue weighted by Gasteiger charge is 2.24. The van der Waals surface area contributed by atoms with E-state index in [0.29, 0.717) is 82.0 Å². The van der Waals surface area contributed by atoms with Crippen molar-refractivity contribution in [2.45, 2.75) is 79.6 Å². The lowest BCUT2D eigenvalue weighted by Gasteiger charge is -2.22. The molecular formula is C43H53N13O6. The van der Waals surface area contributed by atoms with Gasteiger partial charge < -0.3 is 35.4 Å². The highest BCUT2D eigenvalue weighted by Crippen LogP contribution is 2.33. The predicted molar refractivity (Wildman–Crippen MR) is 234 cm³/mol. The summed E-state index contributed by atoms with van der Waals surface area (Å²) in [6.07, 6.45) is 7.80. The summed E-state index contributed by atoms with van der Waals surface area (Å²) in [5, 5.41) is 18.1. The van der Waals surface area contributed by atoms with Gasteiger partial charge in [0.1, 0.15) is 33.9 Å². The Bertz CT molecular complexity index is 2680. The van der Waals surface area contributed by atoms with Gasteiger partial charge in [-0.15, -0.1) is 0 Å². The summed E-state index contributed by atoms with van der Waals surface area (Å²) in [6, 6.07) is 9.67. The third-order valence-corrected chi connectivity index (χ3v) is 10.9. The number of carbonyl (C=O) groups excluding carboxylic acids is 4. The van der Waals surface area contributed by atoms with Crippen LogP contribution in [-0.4, -0.2) is 89.1 Å². The Morgan fingerprint density at radius 2 is 1.24 bits per heavy atom. The van der Waals surface area contributed by atoms with Gasteiger partial charge in [0.15, 0.2) is 0 Å². The predicted octanol–water partition coefficient (Wildman–Crippen LogP) is 4.56. The number of ether oxygens (including phenoxy) is 2. The largest absolute Gasteiger partial charge is 0.494 e. The van der Waals surface area contributed by atoms with Crippen molar-refractivity contribution in [1.82, 2.24) is 44.0 Å². The van der Waals surface area contributed by atoms with Crippen molar-refractivity contribution in [1.29, 1.82) is 0 Å². The Morgan fingerprint density at radius 1 is 0.758 bits per heavy atom. The molecule has 6 aromatic rings. The van der Waals surface area contributed by atoms with Gasteiger partial charge in [-0.3, -0.25) is 39.2 Å². The number of primary amides is 2. The number of aryl methyl sites for hydroxylation is 4. The van der Waals surface area contributed by atoms with E-state index in [1.165, 1.54) is 13.2 Å². The fraction of sp³-hybridized carbons (Fsp3) is 0.395. The molecule has 0 atom stereocenters. The number of amides is 4. The van der Waals surface area contributed by atoms with Crippen LogP contribution in [0.2, 0.25) is 0 Å². The molecule has 0 saturated carbocycles. The van der Waals surface area contributed by atoms with E-state index < -0.39 is 23.6 Å². The zero-order valence-electron chi connectivity index (χ0n) is 35.7. The number of hydrogen-bond donors (Lipinski definition) is 5. The lowest BCUT2D eigenvalue weighted by atomic mass is 9.93. The van der Waals surface area contributed by atoms with Crippen LogP contribution < -0.4 is 36.9 Å². The fourth-order valence-electron chi connectivity index (χ4n) is 7.91. The summed E-state index contributed by atoms with van der Waals surface area (Å²) in [5.74, 6) is -0.398. The SMILES string of the molecule is CCn1nc(C)cc1C(=O)Nc1nc2cc(C(N)=O)cc(OC)c2n1CC=CCn1c(NC(=O)c2cc(C)nn2CC)nc2cc(C(N)=O)cc(OCCCC3CCNCC3)c21. The van der Waals surface area contributed by atoms with Gasteiger partial charge >= 0.3 is 0 Å². The summed E-state index contributed by atoms with van der Waals surface area (Å²) in [6.45, 7) is 11.2. The number of carbonyl (C=O) groups is 4. The van der Waals surface area contributed by atoms with Crippen LogP contribution in [0.5, 0.6) is 11.5 Å². The van der Waals surface area contributed by atoms with Crippen molar-refractivity contribution in [3.05, 3.63) is 82.5 Å². The number of piperidine rings is 1. The number of allylic oxidation sites excluding steroid dienone is 2. The van der Waals surface area contributed by atoms with E-state index in [4.69, 9.17) is 30.9 Å². The number of fused-ring (bicyclic) bond motifs is 2. The smallest absolute Gasteiger partial charge is 0.276 e. The van der Waals surface area contributed by atoms with Gasteiger partial charge in [-0.2, -0.15) is 10.2 Å². The maximum Gasteiger partial charge on any atom is 0.276 e. The summed E-state index contributed by atoms with van der Waals surface area (Å²) in [4.78, 5) is 61.8. The monoisotopic (exact) mass is 847 g/mol. The molecule has 0 bridgehead atoms. The van der Waals surface area contributed by atoms with E-state index in [-0.39, 0.29) is 36.1 Å². The van der Waals surface area contributed by atoms with Crippen LogP contribution >= 0.6 is 0 Å². The molecule has 19 nitrogen and oxygen atoms in total. The van der Waals surface area contributed by atoms with E-state index in [2.05, 4.69) is 26.1 Å². The molecule has 0 aliphatic carbocycles. The molecule has 5 heterocycles. The van der Waals surface area contributed by atoms with Crippen LogP contribution in [0.3, 0.4) is 0 Å². The van der Waals surface area contributed by atoms with Gasteiger partial charge in [-0.25, -0.2) is 9.97 Å². The van der Waals surface area contributed by atoms with Crippen molar-refractivity contribution in [3.8, 4) is 11.5 Å². The van der Waals surface area contributed by atoms with Gasteiger partial charge in [0.25, 0.3) is 11.8 Å². The normalized spacial score (nSPS) is 13.3. The zero-order chi connectivity index (χ0) is 44.1. The Balaban J connectivity index is 1.25. The number of aromatic nitrogens is 8. The van der Waals surface area contributed by atoms with E-state index in [1.54, 1.807) is 48.8 Å². The third-order valence-electron chi connectivity index (χ3n) is 10.9. The second-order valence-electron chi connectivity index (χ2n) is 15.2. The quantitative estimate of drug-likeness (QED) is 0.0593. The van der Waals surface area contributed by atoms with Crippen LogP contribution in [0.15, 0.2) is 48.6 Å². The summed E-state index contributed by atoms with van der Waals surface area (Å²) in [7, 11) is 1.47. The number of nitrogens with two attached hydrogens (primary N) is 2. The number of nitrogens with zero attached hydrogens (tertiary/aromatic N) is 8. The molecule has 1 aliphatic heterocycles. The minimum atomic E-state index is -0.662. The number of anilines is 2. The van der Waals surface area contributed by atoms with Crippen molar-refractivity contribution in [2.75, 3.05) is 37.4 Å².